The monoisotopic (exact) mass is 192 g/mol. The highest BCUT2D eigenvalue weighted by Gasteiger charge is 2.27. The Labute approximate surface area is 88.3 Å². The third-order valence-electron chi connectivity index (χ3n) is 2.99. The van der Waals surface area contributed by atoms with Gasteiger partial charge in [0, 0.05) is 26.2 Å². The zero-order valence-corrected chi connectivity index (χ0v) is 9.51. The highest BCUT2D eigenvalue weighted by Crippen LogP contribution is 2.15. The zero-order chi connectivity index (χ0) is 10.6. The second-order valence-electron chi connectivity index (χ2n) is 4.25. The van der Waals surface area contributed by atoms with E-state index in [1.54, 1.807) is 0 Å². The first-order valence-electron chi connectivity index (χ1n) is 5.30. The van der Waals surface area contributed by atoms with Crippen molar-refractivity contribution in [1.29, 1.82) is 0 Å². The molecule has 0 unspecified atom stereocenters. The summed E-state index contributed by atoms with van der Waals surface area (Å²) in [7, 11) is 0. The van der Waals surface area contributed by atoms with Crippen LogP contribution < -0.4 is 0 Å². The standard InChI is InChI=1S/C12H20N2/c1-5-7-12(3,4)14-10-8-13(6-2)9-11-14/h1H,6,8-11H2,2-4H3. The van der Waals surface area contributed by atoms with Crippen LogP contribution >= 0.6 is 0 Å². The Morgan fingerprint density at radius 3 is 2.21 bits per heavy atom. The highest BCUT2D eigenvalue weighted by atomic mass is 15.3. The molecule has 0 N–H and O–H groups in total. The lowest BCUT2D eigenvalue weighted by molar-refractivity contribution is 0.0841. The van der Waals surface area contributed by atoms with Gasteiger partial charge in [-0.1, -0.05) is 18.8 Å². The lowest BCUT2D eigenvalue weighted by Crippen LogP contribution is -2.53. The molecule has 0 spiro atoms. The van der Waals surface area contributed by atoms with Gasteiger partial charge in [0.25, 0.3) is 0 Å². The Kier molecular flexibility index (Phi) is 3.97. The van der Waals surface area contributed by atoms with Gasteiger partial charge in [-0.25, -0.2) is 0 Å². The van der Waals surface area contributed by atoms with Gasteiger partial charge >= 0.3 is 0 Å². The lowest BCUT2D eigenvalue weighted by Gasteiger charge is -2.41. The predicted octanol–water partition coefficient (Wildman–Crippen LogP) is 1.12. The molecule has 1 aliphatic heterocycles. The molecule has 1 rings (SSSR count). The molecule has 2 nitrogen and oxygen atoms in total. The molecule has 1 heterocycles. The third-order valence-corrected chi connectivity index (χ3v) is 2.99. The molecule has 1 saturated heterocycles. The molecule has 0 saturated carbocycles. The van der Waals surface area contributed by atoms with E-state index < -0.39 is 0 Å². The topological polar surface area (TPSA) is 6.48 Å². The van der Waals surface area contributed by atoms with Crippen molar-refractivity contribution in [3.05, 3.63) is 6.92 Å². The van der Waals surface area contributed by atoms with Gasteiger partial charge in [0.2, 0.25) is 0 Å². The predicted molar refractivity (Wildman–Crippen MR) is 59.8 cm³/mol. The Morgan fingerprint density at radius 1 is 1.21 bits per heavy atom. The van der Waals surface area contributed by atoms with Gasteiger partial charge in [0.05, 0.1) is 12.5 Å². The minimum absolute atomic E-state index is 0.0748. The molecule has 0 aromatic carbocycles. The Morgan fingerprint density at radius 2 is 1.79 bits per heavy atom. The van der Waals surface area contributed by atoms with Gasteiger partial charge in [-0.3, -0.25) is 4.90 Å². The second kappa shape index (κ2) is 4.82. The van der Waals surface area contributed by atoms with Crippen molar-refractivity contribution >= 4 is 0 Å². The van der Waals surface area contributed by atoms with Crippen molar-refractivity contribution in [3.63, 3.8) is 0 Å². The van der Waals surface area contributed by atoms with Crippen molar-refractivity contribution in [2.45, 2.75) is 26.3 Å². The van der Waals surface area contributed by atoms with E-state index in [2.05, 4.69) is 42.4 Å². The fourth-order valence-corrected chi connectivity index (χ4v) is 1.88. The van der Waals surface area contributed by atoms with Crippen LogP contribution in [-0.2, 0) is 0 Å². The molecule has 2 radical (unpaired) electrons. The molecule has 0 aromatic rings. The maximum Gasteiger partial charge on any atom is 0.0769 e. The SMILES string of the molecule is [CH]C#CC(C)(C)N1CCN(CC)CC1. The van der Waals surface area contributed by atoms with E-state index in [1.807, 2.05) is 0 Å². The van der Waals surface area contributed by atoms with E-state index in [-0.39, 0.29) is 5.54 Å². The summed E-state index contributed by atoms with van der Waals surface area (Å²) in [5.74, 6) is 5.58. The molecular formula is C12H20N2. The average molecular weight is 192 g/mol. The summed E-state index contributed by atoms with van der Waals surface area (Å²) in [6, 6.07) is 0. The number of piperazine rings is 1. The number of likely N-dealkylation sites (N-methyl/N-ethyl adjacent to an activating group) is 1. The Hall–Kier alpha value is -0.520. The van der Waals surface area contributed by atoms with Gasteiger partial charge < -0.3 is 4.90 Å². The van der Waals surface area contributed by atoms with E-state index in [4.69, 9.17) is 6.92 Å². The summed E-state index contributed by atoms with van der Waals surface area (Å²) in [5, 5.41) is 0. The van der Waals surface area contributed by atoms with Crippen LogP contribution in [0, 0.1) is 18.8 Å². The van der Waals surface area contributed by atoms with Crippen LogP contribution in [0.5, 0.6) is 0 Å². The first-order chi connectivity index (χ1) is 6.60. The van der Waals surface area contributed by atoms with Crippen molar-refractivity contribution in [2.75, 3.05) is 32.7 Å². The Balaban J connectivity index is 2.51. The number of hydrogen-bond donors (Lipinski definition) is 0. The maximum absolute atomic E-state index is 5.28. The molecule has 0 aromatic heterocycles. The van der Waals surface area contributed by atoms with Gasteiger partial charge in [0.15, 0.2) is 0 Å². The summed E-state index contributed by atoms with van der Waals surface area (Å²) in [6.45, 7) is 17.4. The summed E-state index contributed by atoms with van der Waals surface area (Å²) in [4.78, 5) is 4.86. The van der Waals surface area contributed by atoms with E-state index in [0.29, 0.717) is 0 Å². The number of hydrogen-bond acceptors (Lipinski definition) is 2. The number of rotatable bonds is 2. The summed E-state index contributed by atoms with van der Waals surface area (Å²) in [5.41, 5.74) is -0.0748. The molecule has 0 bridgehead atoms. The van der Waals surface area contributed by atoms with Crippen molar-refractivity contribution in [3.8, 4) is 11.8 Å². The van der Waals surface area contributed by atoms with Crippen LogP contribution in [0.2, 0.25) is 0 Å². The molecule has 78 valence electrons. The van der Waals surface area contributed by atoms with Crippen molar-refractivity contribution < 1.29 is 0 Å². The second-order valence-corrected chi connectivity index (χ2v) is 4.25. The van der Waals surface area contributed by atoms with Crippen LogP contribution in [0.3, 0.4) is 0 Å². The van der Waals surface area contributed by atoms with E-state index >= 15 is 0 Å². The lowest BCUT2D eigenvalue weighted by atomic mass is 10.0. The first kappa shape index (κ1) is 11.6. The van der Waals surface area contributed by atoms with Gasteiger partial charge in [-0.05, 0) is 20.4 Å². The van der Waals surface area contributed by atoms with Crippen LogP contribution in [0.1, 0.15) is 20.8 Å². The fraction of sp³-hybridized carbons (Fsp3) is 0.750. The minimum Gasteiger partial charge on any atom is -0.301 e. The summed E-state index contributed by atoms with van der Waals surface area (Å²) >= 11 is 0. The van der Waals surface area contributed by atoms with Crippen LogP contribution in [-0.4, -0.2) is 48.1 Å². The average Bonchev–Trinajstić information content (AvgIpc) is 2.18. The highest BCUT2D eigenvalue weighted by molar-refractivity contribution is 5.16. The van der Waals surface area contributed by atoms with E-state index in [1.165, 1.54) is 0 Å². The minimum atomic E-state index is -0.0748. The largest absolute Gasteiger partial charge is 0.301 e. The summed E-state index contributed by atoms with van der Waals surface area (Å²) in [6.07, 6.45) is 0. The first-order valence-corrected chi connectivity index (χ1v) is 5.30. The molecule has 1 aliphatic rings. The quantitative estimate of drug-likeness (QED) is 0.605. The molecular weight excluding hydrogens is 172 g/mol. The molecule has 1 fully saturated rings. The molecule has 0 amide bonds. The Bertz CT molecular complexity index is 226. The van der Waals surface area contributed by atoms with Crippen molar-refractivity contribution in [1.82, 2.24) is 9.80 Å². The molecule has 14 heavy (non-hydrogen) atoms. The zero-order valence-electron chi connectivity index (χ0n) is 9.51. The van der Waals surface area contributed by atoms with Gasteiger partial charge in [-0.15, -0.1) is 0 Å². The van der Waals surface area contributed by atoms with Crippen LogP contribution in [0.15, 0.2) is 0 Å². The molecule has 0 atom stereocenters. The molecule has 2 heteroatoms. The van der Waals surface area contributed by atoms with E-state index in [0.717, 1.165) is 32.7 Å². The smallest absolute Gasteiger partial charge is 0.0769 e. The van der Waals surface area contributed by atoms with Gasteiger partial charge in [-0.2, -0.15) is 0 Å². The van der Waals surface area contributed by atoms with Crippen LogP contribution in [0.4, 0.5) is 0 Å². The maximum atomic E-state index is 5.28. The summed E-state index contributed by atoms with van der Waals surface area (Å²) < 4.78 is 0. The van der Waals surface area contributed by atoms with E-state index in [9.17, 15) is 0 Å². The third kappa shape index (κ3) is 2.73. The van der Waals surface area contributed by atoms with Crippen molar-refractivity contribution in [2.24, 2.45) is 0 Å². The number of nitrogens with zero attached hydrogens (tertiary/aromatic N) is 2. The van der Waals surface area contributed by atoms with Crippen LogP contribution in [0.25, 0.3) is 0 Å². The normalized spacial score (nSPS) is 20.3. The van der Waals surface area contributed by atoms with Gasteiger partial charge in [0.1, 0.15) is 0 Å². The fourth-order valence-electron chi connectivity index (χ4n) is 1.88. The molecule has 0 aliphatic carbocycles.